The number of rotatable bonds is 4. The third kappa shape index (κ3) is 7.14. The molecule has 0 atom stereocenters. The van der Waals surface area contributed by atoms with Gasteiger partial charge in [0.05, 0.1) is 12.2 Å². The molecule has 0 fully saturated rings. The first-order valence-electron chi connectivity index (χ1n) is 5.74. The predicted octanol–water partition coefficient (Wildman–Crippen LogP) is 3.58. The van der Waals surface area contributed by atoms with Gasteiger partial charge in [0.25, 0.3) is 0 Å². The summed E-state index contributed by atoms with van der Waals surface area (Å²) in [6.07, 6.45) is -4.65. The number of ether oxygens (including phenoxy) is 1. The molecule has 0 spiro atoms. The molecule has 1 aromatic carbocycles. The molecule has 0 radical (unpaired) electrons. The van der Waals surface area contributed by atoms with Crippen molar-refractivity contribution in [3.8, 4) is 11.8 Å². The molecular weight excluding hydrogens is 257 g/mol. The van der Waals surface area contributed by atoms with E-state index < -0.39 is 18.6 Å². The van der Waals surface area contributed by atoms with Gasteiger partial charge >= 0.3 is 12.1 Å². The molecular formula is C14H13F3O2. The lowest BCUT2D eigenvalue weighted by atomic mass is 10.2. The molecule has 0 aliphatic carbocycles. The zero-order valence-electron chi connectivity index (χ0n) is 10.2. The fourth-order valence-corrected chi connectivity index (χ4v) is 1.23. The van der Waals surface area contributed by atoms with Crippen molar-refractivity contribution in [1.29, 1.82) is 0 Å². The molecule has 0 bridgehead atoms. The lowest BCUT2D eigenvalue weighted by Gasteiger charge is -2.02. The van der Waals surface area contributed by atoms with Crippen LogP contribution in [0.15, 0.2) is 30.3 Å². The van der Waals surface area contributed by atoms with E-state index in [0.717, 1.165) is 0 Å². The molecule has 1 aromatic rings. The molecule has 0 aromatic heterocycles. The van der Waals surface area contributed by atoms with E-state index in [2.05, 4.69) is 5.92 Å². The van der Waals surface area contributed by atoms with Gasteiger partial charge in [-0.1, -0.05) is 24.1 Å². The van der Waals surface area contributed by atoms with E-state index in [-0.39, 0.29) is 13.0 Å². The highest BCUT2D eigenvalue weighted by molar-refractivity contribution is 5.89. The number of halogens is 3. The quantitative estimate of drug-likeness (QED) is 0.475. The molecule has 2 nitrogen and oxygen atoms in total. The van der Waals surface area contributed by atoms with Crippen molar-refractivity contribution < 1.29 is 22.7 Å². The normalized spacial score (nSPS) is 10.5. The maximum Gasteiger partial charge on any atom is 0.399 e. The van der Waals surface area contributed by atoms with E-state index in [1.165, 1.54) is 0 Å². The van der Waals surface area contributed by atoms with Crippen molar-refractivity contribution in [2.24, 2.45) is 0 Å². The van der Waals surface area contributed by atoms with Crippen LogP contribution in [0.2, 0.25) is 0 Å². The van der Waals surface area contributed by atoms with Crippen molar-refractivity contribution in [2.75, 3.05) is 6.61 Å². The standard InChI is InChI=1S/C14H13F3O2/c15-14(16,17)10-6-1-2-7-11-19-13(18)12-8-4-3-5-9-12/h3-5,8-9H,2,7,10-11H2. The number of carbonyl (C=O) groups excluding carboxylic acids is 1. The molecule has 19 heavy (non-hydrogen) atoms. The minimum absolute atomic E-state index is 0.147. The molecule has 0 N–H and O–H groups in total. The zero-order chi connectivity index (χ0) is 14.1. The summed E-state index contributed by atoms with van der Waals surface area (Å²) in [5, 5.41) is 0. The molecule has 102 valence electrons. The minimum Gasteiger partial charge on any atom is -0.462 e. The van der Waals surface area contributed by atoms with E-state index >= 15 is 0 Å². The second-order valence-electron chi connectivity index (χ2n) is 3.75. The third-order valence-electron chi connectivity index (χ3n) is 2.10. The number of alkyl halides is 3. The third-order valence-corrected chi connectivity index (χ3v) is 2.10. The van der Waals surface area contributed by atoms with Crippen LogP contribution in [0.3, 0.4) is 0 Å². The summed E-state index contributed by atoms with van der Waals surface area (Å²) in [6.45, 7) is 0.147. The average molecular weight is 270 g/mol. The molecule has 0 saturated heterocycles. The summed E-state index contributed by atoms with van der Waals surface area (Å²) in [4.78, 5) is 11.5. The Labute approximate surface area is 109 Å². The number of hydrogen-bond donors (Lipinski definition) is 0. The molecule has 1 rings (SSSR count). The summed E-state index contributed by atoms with van der Waals surface area (Å²) < 4.78 is 40.2. The van der Waals surface area contributed by atoms with Gasteiger partial charge in [-0.05, 0) is 18.6 Å². The van der Waals surface area contributed by atoms with Gasteiger partial charge in [-0.25, -0.2) is 4.79 Å². The van der Waals surface area contributed by atoms with E-state index in [1.807, 2.05) is 5.92 Å². The van der Waals surface area contributed by atoms with Crippen LogP contribution in [-0.2, 0) is 4.74 Å². The summed E-state index contributed by atoms with van der Waals surface area (Å²) in [7, 11) is 0. The van der Waals surface area contributed by atoms with Gasteiger partial charge in [0.1, 0.15) is 6.42 Å². The number of hydrogen-bond acceptors (Lipinski definition) is 2. The van der Waals surface area contributed by atoms with E-state index in [0.29, 0.717) is 12.0 Å². The Morgan fingerprint density at radius 3 is 2.47 bits per heavy atom. The van der Waals surface area contributed by atoms with Crippen molar-refractivity contribution in [1.82, 2.24) is 0 Å². The predicted molar refractivity (Wildman–Crippen MR) is 64.4 cm³/mol. The fraction of sp³-hybridized carbons (Fsp3) is 0.357. The Bertz CT molecular complexity index is 455. The van der Waals surface area contributed by atoms with Crippen molar-refractivity contribution in [3.63, 3.8) is 0 Å². The highest BCUT2D eigenvalue weighted by Crippen LogP contribution is 2.18. The first-order valence-corrected chi connectivity index (χ1v) is 5.74. The summed E-state index contributed by atoms with van der Waals surface area (Å²) in [6, 6.07) is 8.49. The monoisotopic (exact) mass is 270 g/mol. The summed E-state index contributed by atoms with van der Waals surface area (Å²) in [5.41, 5.74) is 0.450. The highest BCUT2D eigenvalue weighted by atomic mass is 19.4. The number of esters is 1. The van der Waals surface area contributed by atoms with Gasteiger partial charge < -0.3 is 4.74 Å². The van der Waals surface area contributed by atoms with Crippen molar-refractivity contribution in [3.05, 3.63) is 35.9 Å². The molecule has 0 amide bonds. The van der Waals surface area contributed by atoms with Gasteiger partial charge in [-0.2, -0.15) is 13.2 Å². The van der Waals surface area contributed by atoms with Gasteiger partial charge in [-0.15, -0.1) is 5.92 Å². The lowest BCUT2D eigenvalue weighted by Crippen LogP contribution is -2.06. The Balaban J connectivity index is 2.16. The fourth-order valence-electron chi connectivity index (χ4n) is 1.23. The van der Waals surface area contributed by atoms with Crippen LogP contribution in [0, 0.1) is 11.8 Å². The summed E-state index contributed by atoms with van der Waals surface area (Å²) >= 11 is 0. The number of carbonyl (C=O) groups is 1. The van der Waals surface area contributed by atoms with Crippen molar-refractivity contribution in [2.45, 2.75) is 25.4 Å². The van der Waals surface area contributed by atoms with Crippen molar-refractivity contribution >= 4 is 5.97 Å². The van der Waals surface area contributed by atoms with E-state index in [4.69, 9.17) is 4.74 Å². The van der Waals surface area contributed by atoms with Gasteiger partial charge in [0.2, 0.25) is 0 Å². The second kappa shape index (κ2) is 7.47. The van der Waals surface area contributed by atoms with Crippen LogP contribution in [0.25, 0.3) is 0 Å². The number of unbranched alkanes of at least 4 members (excludes halogenated alkanes) is 1. The zero-order valence-corrected chi connectivity index (χ0v) is 10.2. The first kappa shape index (κ1) is 15.1. The first-order chi connectivity index (χ1) is 8.99. The van der Waals surface area contributed by atoms with Crippen LogP contribution in [0.1, 0.15) is 29.6 Å². The topological polar surface area (TPSA) is 26.3 Å². The molecule has 0 aliphatic heterocycles. The molecule has 0 aliphatic rings. The van der Waals surface area contributed by atoms with E-state index in [9.17, 15) is 18.0 Å². The van der Waals surface area contributed by atoms with Crippen LogP contribution in [0.4, 0.5) is 13.2 Å². The van der Waals surface area contributed by atoms with Crippen LogP contribution < -0.4 is 0 Å². The maximum absolute atomic E-state index is 11.8. The van der Waals surface area contributed by atoms with Gasteiger partial charge in [-0.3, -0.25) is 0 Å². The Hall–Kier alpha value is -1.96. The Morgan fingerprint density at radius 1 is 1.16 bits per heavy atom. The average Bonchev–Trinajstić information content (AvgIpc) is 2.37. The Morgan fingerprint density at radius 2 is 1.84 bits per heavy atom. The largest absolute Gasteiger partial charge is 0.462 e. The van der Waals surface area contributed by atoms with Gasteiger partial charge in [0.15, 0.2) is 0 Å². The van der Waals surface area contributed by atoms with Crippen LogP contribution >= 0.6 is 0 Å². The SMILES string of the molecule is O=C(OCCCC#CCC(F)(F)F)c1ccccc1. The second-order valence-corrected chi connectivity index (χ2v) is 3.75. The number of benzene rings is 1. The van der Waals surface area contributed by atoms with Crippen LogP contribution in [0.5, 0.6) is 0 Å². The lowest BCUT2D eigenvalue weighted by molar-refractivity contribution is -0.123. The highest BCUT2D eigenvalue weighted by Gasteiger charge is 2.24. The van der Waals surface area contributed by atoms with Crippen LogP contribution in [-0.4, -0.2) is 18.8 Å². The van der Waals surface area contributed by atoms with E-state index in [1.54, 1.807) is 30.3 Å². The van der Waals surface area contributed by atoms with Gasteiger partial charge in [0, 0.05) is 6.42 Å². The molecule has 0 heterocycles. The molecule has 5 heteroatoms. The summed E-state index contributed by atoms with van der Waals surface area (Å²) in [5.74, 6) is 3.98. The molecule has 0 saturated carbocycles. The molecule has 0 unspecified atom stereocenters. The maximum atomic E-state index is 11.8. The minimum atomic E-state index is -4.24. The smallest absolute Gasteiger partial charge is 0.399 e. The Kier molecular flexibility index (Phi) is 5.94.